The quantitative estimate of drug-likeness (QED) is 0.551. The Hall–Kier alpha value is -0.610. The fraction of sp³-hybridized carbons (Fsp3) is 0.875. The summed E-state index contributed by atoms with van der Waals surface area (Å²) in [6.07, 6.45) is 1.19. The van der Waals surface area contributed by atoms with Crippen molar-refractivity contribution in [3.05, 3.63) is 0 Å². The van der Waals surface area contributed by atoms with E-state index in [4.69, 9.17) is 0 Å². The first-order chi connectivity index (χ1) is 5.79. The van der Waals surface area contributed by atoms with Gasteiger partial charge in [0, 0.05) is 25.2 Å². The monoisotopic (exact) mass is 170 g/mol. The summed E-state index contributed by atoms with van der Waals surface area (Å²) in [5, 5.41) is 3.38. The third-order valence-electron chi connectivity index (χ3n) is 2.73. The van der Waals surface area contributed by atoms with Gasteiger partial charge in [-0.2, -0.15) is 0 Å². The number of ether oxygens (including phenoxy) is 1. The zero-order chi connectivity index (χ0) is 8.55. The lowest BCUT2D eigenvalue weighted by Gasteiger charge is -2.25. The average Bonchev–Trinajstić information content (AvgIpc) is 2.64. The normalized spacial score (nSPS) is 34.1. The third-order valence-corrected chi connectivity index (χ3v) is 2.73. The first-order valence-electron chi connectivity index (χ1n) is 4.34. The van der Waals surface area contributed by atoms with Crippen molar-refractivity contribution in [2.75, 3.05) is 26.7 Å². The van der Waals surface area contributed by atoms with E-state index in [-0.39, 0.29) is 5.97 Å². The van der Waals surface area contributed by atoms with Gasteiger partial charge in [-0.3, -0.25) is 9.69 Å². The van der Waals surface area contributed by atoms with Crippen LogP contribution in [0, 0.1) is 0 Å². The Kier molecular flexibility index (Phi) is 2.02. The predicted molar refractivity (Wildman–Crippen MR) is 43.8 cm³/mol. The zero-order valence-corrected chi connectivity index (χ0v) is 7.25. The van der Waals surface area contributed by atoms with Crippen LogP contribution in [-0.2, 0) is 9.53 Å². The molecule has 0 aromatic rings. The number of nitrogens with one attached hydrogen (secondary N) is 1. The number of piperazine rings is 1. The number of hydrogen-bond donors (Lipinski definition) is 1. The second kappa shape index (κ2) is 3.03. The molecule has 0 aromatic heterocycles. The van der Waals surface area contributed by atoms with Gasteiger partial charge in [0.05, 0.1) is 13.7 Å². The number of esters is 1. The molecule has 0 radical (unpaired) electrons. The van der Waals surface area contributed by atoms with E-state index in [1.165, 1.54) is 13.5 Å². The molecule has 2 fully saturated rings. The van der Waals surface area contributed by atoms with Gasteiger partial charge >= 0.3 is 5.97 Å². The molecule has 2 atom stereocenters. The highest BCUT2D eigenvalue weighted by Gasteiger charge is 2.38. The maximum absolute atomic E-state index is 11.0. The molecule has 0 aliphatic carbocycles. The van der Waals surface area contributed by atoms with Crippen molar-refractivity contribution in [1.82, 2.24) is 10.2 Å². The lowest BCUT2D eigenvalue weighted by molar-refractivity contribution is -0.142. The molecule has 2 aliphatic heterocycles. The molecule has 2 aliphatic rings. The minimum atomic E-state index is -0.123. The highest BCUT2D eigenvalue weighted by molar-refractivity contribution is 5.71. The van der Waals surface area contributed by atoms with Crippen LogP contribution < -0.4 is 5.32 Å². The predicted octanol–water partition coefficient (Wildman–Crippen LogP) is -0.794. The maximum atomic E-state index is 11.0. The number of likely N-dealkylation sites (tertiary alicyclic amines) is 1. The molecule has 0 saturated carbocycles. The van der Waals surface area contributed by atoms with Crippen LogP contribution in [0.2, 0.25) is 0 Å². The zero-order valence-electron chi connectivity index (χ0n) is 7.25. The molecule has 0 amide bonds. The van der Waals surface area contributed by atoms with Crippen molar-refractivity contribution in [1.29, 1.82) is 0 Å². The summed E-state index contributed by atoms with van der Waals surface area (Å²) < 4.78 is 4.62. The summed E-state index contributed by atoms with van der Waals surface area (Å²) in [7, 11) is 1.44. The molecule has 4 heteroatoms. The molecule has 2 unspecified atom stereocenters. The maximum Gasteiger partial charge on any atom is 0.319 e. The Labute approximate surface area is 71.9 Å². The Morgan fingerprint density at radius 3 is 3.08 bits per heavy atom. The number of rotatable bonds is 2. The Bertz CT molecular complexity index is 195. The Morgan fingerprint density at radius 2 is 2.58 bits per heavy atom. The van der Waals surface area contributed by atoms with Crippen LogP contribution >= 0.6 is 0 Å². The average molecular weight is 170 g/mol. The molecule has 2 saturated heterocycles. The SMILES string of the molecule is COC(=O)CN1CC2CC1CN2. The Balaban J connectivity index is 1.86. The van der Waals surface area contributed by atoms with Crippen molar-refractivity contribution in [3.63, 3.8) is 0 Å². The molecule has 68 valence electrons. The molecule has 12 heavy (non-hydrogen) atoms. The lowest BCUT2D eigenvalue weighted by atomic mass is 10.2. The summed E-state index contributed by atoms with van der Waals surface area (Å²) in [6, 6.07) is 1.17. The van der Waals surface area contributed by atoms with Crippen LogP contribution in [0.4, 0.5) is 0 Å². The smallest absolute Gasteiger partial charge is 0.319 e. The molecule has 0 spiro atoms. The molecule has 2 heterocycles. The summed E-state index contributed by atoms with van der Waals surface area (Å²) in [5.41, 5.74) is 0. The largest absolute Gasteiger partial charge is 0.468 e. The van der Waals surface area contributed by atoms with Gasteiger partial charge in [0.2, 0.25) is 0 Å². The molecule has 2 rings (SSSR count). The number of nitrogens with zero attached hydrogens (tertiary/aromatic N) is 1. The number of methoxy groups -OCH3 is 1. The van der Waals surface area contributed by atoms with Gasteiger partial charge in [0.25, 0.3) is 0 Å². The first kappa shape index (κ1) is 8.01. The minimum absolute atomic E-state index is 0.123. The second-order valence-corrected chi connectivity index (χ2v) is 3.50. The van der Waals surface area contributed by atoms with Crippen molar-refractivity contribution in [2.45, 2.75) is 18.5 Å². The van der Waals surface area contributed by atoms with Crippen LogP contribution in [0.1, 0.15) is 6.42 Å². The highest BCUT2D eigenvalue weighted by atomic mass is 16.5. The van der Waals surface area contributed by atoms with E-state index in [1.807, 2.05) is 0 Å². The van der Waals surface area contributed by atoms with Crippen molar-refractivity contribution in [2.24, 2.45) is 0 Å². The van der Waals surface area contributed by atoms with E-state index < -0.39 is 0 Å². The van der Waals surface area contributed by atoms with Gasteiger partial charge in [0.1, 0.15) is 0 Å². The van der Waals surface area contributed by atoms with Gasteiger partial charge in [-0.1, -0.05) is 0 Å². The molecular formula is C8H14N2O2. The van der Waals surface area contributed by atoms with Gasteiger partial charge in [-0.25, -0.2) is 0 Å². The Morgan fingerprint density at radius 1 is 1.75 bits per heavy atom. The summed E-state index contributed by atoms with van der Waals surface area (Å²) >= 11 is 0. The van der Waals surface area contributed by atoms with Crippen LogP contribution in [0.15, 0.2) is 0 Å². The highest BCUT2D eigenvalue weighted by Crippen LogP contribution is 2.22. The second-order valence-electron chi connectivity index (χ2n) is 3.50. The fourth-order valence-electron chi connectivity index (χ4n) is 2.07. The van der Waals surface area contributed by atoms with Crippen LogP contribution in [0.5, 0.6) is 0 Å². The molecule has 2 bridgehead atoms. The van der Waals surface area contributed by atoms with Gasteiger partial charge in [-0.15, -0.1) is 0 Å². The van der Waals surface area contributed by atoms with Gasteiger partial charge in [-0.05, 0) is 6.42 Å². The summed E-state index contributed by atoms with van der Waals surface area (Å²) in [4.78, 5) is 13.2. The van der Waals surface area contributed by atoms with Gasteiger partial charge in [0.15, 0.2) is 0 Å². The van der Waals surface area contributed by atoms with Crippen molar-refractivity contribution in [3.8, 4) is 0 Å². The minimum Gasteiger partial charge on any atom is -0.468 e. The number of fused-ring (bicyclic) bond motifs is 2. The molecular weight excluding hydrogens is 156 g/mol. The standard InChI is InChI=1S/C8H14N2O2/c1-12-8(11)5-10-4-6-2-7(10)3-9-6/h6-7,9H,2-5H2,1H3. The van der Waals surface area contributed by atoms with Crippen LogP contribution in [-0.4, -0.2) is 49.7 Å². The molecule has 4 nitrogen and oxygen atoms in total. The molecule has 1 N–H and O–H groups in total. The summed E-state index contributed by atoms with van der Waals surface area (Å²) in [5.74, 6) is -0.123. The van der Waals surface area contributed by atoms with Crippen molar-refractivity contribution < 1.29 is 9.53 Å². The van der Waals surface area contributed by atoms with Crippen LogP contribution in [0.25, 0.3) is 0 Å². The van der Waals surface area contributed by atoms with Crippen molar-refractivity contribution >= 4 is 5.97 Å². The van der Waals surface area contributed by atoms with E-state index in [1.54, 1.807) is 0 Å². The third kappa shape index (κ3) is 1.32. The fourth-order valence-corrected chi connectivity index (χ4v) is 2.07. The number of carbonyl (C=O) groups is 1. The van der Waals surface area contributed by atoms with E-state index in [2.05, 4.69) is 15.0 Å². The lowest BCUT2D eigenvalue weighted by Crippen LogP contribution is -2.45. The van der Waals surface area contributed by atoms with E-state index in [9.17, 15) is 4.79 Å². The van der Waals surface area contributed by atoms with E-state index >= 15 is 0 Å². The topological polar surface area (TPSA) is 41.6 Å². The molecule has 0 aromatic carbocycles. The van der Waals surface area contributed by atoms with E-state index in [0.717, 1.165) is 13.1 Å². The first-order valence-corrected chi connectivity index (χ1v) is 4.34. The number of carbonyl (C=O) groups excluding carboxylic acids is 1. The van der Waals surface area contributed by atoms with Crippen LogP contribution in [0.3, 0.4) is 0 Å². The van der Waals surface area contributed by atoms with E-state index in [0.29, 0.717) is 18.6 Å². The van der Waals surface area contributed by atoms with Gasteiger partial charge < -0.3 is 10.1 Å². The number of hydrogen-bond acceptors (Lipinski definition) is 4. The summed E-state index contributed by atoms with van der Waals surface area (Å²) in [6.45, 7) is 2.49.